The number of benzene rings is 2. The molecular formula is C23H29ClN2OS. The zero-order valence-corrected chi connectivity index (χ0v) is 18.1. The molecule has 1 atom stereocenters. The molecule has 0 spiro atoms. The number of carbonyl (C=O) groups is 1. The van der Waals surface area contributed by atoms with E-state index in [2.05, 4.69) is 41.4 Å². The highest BCUT2D eigenvalue weighted by Crippen LogP contribution is 2.27. The highest BCUT2D eigenvalue weighted by Gasteiger charge is 2.18. The van der Waals surface area contributed by atoms with Gasteiger partial charge in [-0.3, -0.25) is 9.69 Å². The molecule has 1 N–H and O–H groups in total. The van der Waals surface area contributed by atoms with Crippen molar-refractivity contribution in [2.24, 2.45) is 0 Å². The fraction of sp³-hybridized carbons (Fsp3) is 0.435. The van der Waals surface area contributed by atoms with Gasteiger partial charge in [-0.1, -0.05) is 49.2 Å². The molecule has 5 heteroatoms. The van der Waals surface area contributed by atoms with E-state index in [0.29, 0.717) is 11.6 Å². The van der Waals surface area contributed by atoms with Crippen molar-refractivity contribution in [1.82, 2.24) is 10.2 Å². The molecule has 1 unspecified atom stereocenters. The minimum atomic E-state index is -0.101. The molecule has 1 fully saturated rings. The van der Waals surface area contributed by atoms with Gasteiger partial charge in [-0.15, -0.1) is 11.8 Å². The fourth-order valence-corrected chi connectivity index (χ4v) is 4.64. The molecule has 1 amide bonds. The van der Waals surface area contributed by atoms with E-state index in [1.807, 2.05) is 24.3 Å². The molecule has 1 heterocycles. The monoisotopic (exact) mass is 416 g/mol. The summed E-state index contributed by atoms with van der Waals surface area (Å²) in [5, 5.41) is 3.77. The second-order valence-corrected chi connectivity index (χ2v) is 9.00. The van der Waals surface area contributed by atoms with Crippen molar-refractivity contribution in [3.05, 3.63) is 64.7 Å². The van der Waals surface area contributed by atoms with E-state index < -0.39 is 0 Å². The summed E-state index contributed by atoms with van der Waals surface area (Å²) in [6, 6.07) is 16.1. The third kappa shape index (κ3) is 6.26. The minimum absolute atomic E-state index is 0.0928. The highest BCUT2D eigenvalue weighted by molar-refractivity contribution is 8.00. The van der Waals surface area contributed by atoms with Gasteiger partial charge in [0.15, 0.2) is 0 Å². The van der Waals surface area contributed by atoms with Crippen LogP contribution in [0, 0.1) is 0 Å². The zero-order valence-electron chi connectivity index (χ0n) is 16.5. The lowest BCUT2D eigenvalue weighted by Gasteiger charge is -2.27. The third-order valence-electron chi connectivity index (χ3n) is 5.17. The van der Waals surface area contributed by atoms with E-state index in [1.165, 1.54) is 43.5 Å². The molecule has 1 aliphatic heterocycles. The van der Waals surface area contributed by atoms with Gasteiger partial charge in [0.25, 0.3) is 0 Å². The molecule has 2 aromatic rings. The van der Waals surface area contributed by atoms with Crippen molar-refractivity contribution in [2.75, 3.05) is 13.1 Å². The number of carbonyl (C=O) groups excluding carboxylic acids is 1. The van der Waals surface area contributed by atoms with Crippen LogP contribution >= 0.6 is 23.4 Å². The highest BCUT2D eigenvalue weighted by atomic mass is 35.5. The molecule has 2 aromatic carbocycles. The van der Waals surface area contributed by atoms with Gasteiger partial charge >= 0.3 is 0 Å². The van der Waals surface area contributed by atoms with E-state index in [4.69, 9.17) is 11.6 Å². The SMILES string of the molecule is CCC(Sc1ccc(Cl)cc1)C(=O)NCc1ccccc1CN1CCCCC1. The number of halogens is 1. The molecule has 0 aromatic heterocycles. The maximum atomic E-state index is 12.8. The largest absolute Gasteiger partial charge is 0.351 e. The van der Waals surface area contributed by atoms with Gasteiger partial charge in [0.2, 0.25) is 5.91 Å². The van der Waals surface area contributed by atoms with Gasteiger partial charge in [-0.05, 0) is 67.7 Å². The summed E-state index contributed by atoms with van der Waals surface area (Å²) < 4.78 is 0. The Morgan fingerprint density at radius 1 is 1.07 bits per heavy atom. The van der Waals surface area contributed by atoms with Crippen LogP contribution in [0.4, 0.5) is 0 Å². The molecule has 3 nitrogen and oxygen atoms in total. The summed E-state index contributed by atoms with van der Waals surface area (Å²) in [4.78, 5) is 16.3. The smallest absolute Gasteiger partial charge is 0.233 e. The van der Waals surface area contributed by atoms with E-state index in [0.717, 1.165) is 17.9 Å². The van der Waals surface area contributed by atoms with Crippen molar-refractivity contribution in [3.8, 4) is 0 Å². The number of hydrogen-bond acceptors (Lipinski definition) is 3. The summed E-state index contributed by atoms with van der Waals surface area (Å²) >= 11 is 7.55. The molecule has 0 bridgehead atoms. The van der Waals surface area contributed by atoms with Gasteiger partial charge < -0.3 is 5.32 Å². The lowest BCUT2D eigenvalue weighted by molar-refractivity contribution is -0.120. The molecule has 150 valence electrons. The predicted octanol–water partition coefficient (Wildman–Crippen LogP) is 5.51. The Balaban J connectivity index is 1.57. The Morgan fingerprint density at radius 2 is 1.75 bits per heavy atom. The van der Waals surface area contributed by atoms with Crippen molar-refractivity contribution in [3.63, 3.8) is 0 Å². The van der Waals surface area contributed by atoms with Crippen LogP contribution in [0.2, 0.25) is 5.02 Å². The zero-order chi connectivity index (χ0) is 19.8. The summed E-state index contributed by atoms with van der Waals surface area (Å²) in [5.41, 5.74) is 2.54. The molecule has 0 aliphatic carbocycles. The van der Waals surface area contributed by atoms with Gasteiger partial charge in [-0.25, -0.2) is 0 Å². The summed E-state index contributed by atoms with van der Waals surface area (Å²) in [7, 11) is 0. The Bertz CT molecular complexity index is 759. The number of piperidine rings is 1. The molecular weight excluding hydrogens is 388 g/mol. The number of thioether (sulfide) groups is 1. The first-order chi connectivity index (χ1) is 13.7. The van der Waals surface area contributed by atoms with Crippen LogP contribution in [0.1, 0.15) is 43.7 Å². The van der Waals surface area contributed by atoms with Gasteiger partial charge in [-0.2, -0.15) is 0 Å². The number of likely N-dealkylation sites (tertiary alicyclic amines) is 1. The first-order valence-electron chi connectivity index (χ1n) is 10.1. The lowest BCUT2D eigenvalue weighted by atomic mass is 10.0. The van der Waals surface area contributed by atoms with E-state index in [9.17, 15) is 4.79 Å². The normalized spacial score (nSPS) is 15.9. The molecule has 0 radical (unpaired) electrons. The first kappa shape index (κ1) is 21.2. The summed E-state index contributed by atoms with van der Waals surface area (Å²) in [6.45, 7) is 5.97. The number of nitrogens with one attached hydrogen (secondary N) is 1. The number of rotatable bonds is 8. The Kier molecular flexibility index (Phi) is 8.26. The number of amides is 1. The minimum Gasteiger partial charge on any atom is -0.351 e. The number of hydrogen-bond donors (Lipinski definition) is 1. The maximum Gasteiger partial charge on any atom is 0.233 e. The van der Waals surface area contributed by atoms with Crippen LogP contribution in [0.3, 0.4) is 0 Å². The van der Waals surface area contributed by atoms with Gasteiger partial charge in [0.05, 0.1) is 5.25 Å². The van der Waals surface area contributed by atoms with Crippen LogP contribution in [-0.4, -0.2) is 29.1 Å². The number of nitrogens with zero attached hydrogens (tertiary/aromatic N) is 1. The second-order valence-electron chi connectivity index (χ2n) is 7.29. The average Bonchev–Trinajstić information content (AvgIpc) is 2.73. The van der Waals surface area contributed by atoms with Crippen LogP contribution < -0.4 is 5.32 Å². The molecule has 1 saturated heterocycles. The predicted molar refractivity (Wildman–Crippen MR) is 119 cm³/mol. The van der Waals surface area contributed by atoms with Crippen molar-refractivity contribution >= 4 is 29.3 Å². The quantitative estimate of drug-likeness (QED) is 0.575. The van der Waals surface area contributed by atoms with Crippen molar-refractivity contribution < 1.29 is 4.79 Å². The standard InChI is InChI=1S/C23H29ClN2OS/c1-2-22(28-21-12-10-20(24)11-13-21)23(27)25-16-18-8-4-5-9-19(18)17-26-14-6-3-7-15-26/h4-5,8-13,22H,2-3,6-7,14-17H2,1H3,(H,25,27). The second kappa shape index (κ2) is 10.9. The first-order valence-corrected chi connectivity index (χ1v) is 11.4. The Labute approximate surface area is 177 Å². The van der Waals surface area contributed by atoms with E-state index in [-0.39, 0.29) is 11.2 Å². The lowest BCUT2D eigenvalue weighted by Crippen LogP contribution is -2.33. The van der Waals surface area contributed by atoms with E-state index >= 15 is 0 Å². The van der Waals surface area contributed by atoms with Crippen LogP contribution in [0.15, 0.2) is 53.4 Å². The van der Waals surface area contributed by atoms with Crippen molar-refractivity contribution in [2.45, 2.75) is 55.8 Å². The summed E-state index contributed by atoms with van der Waals surface area (Å²) in [6.07, 6.45) is 4.71. The molecule has 28 heavy (non-hydrogen) atoms. The van der Waals surface area contributed by atoms with Crippen LogP contribution in [0.5, 0.6) is 0 Å². The average molecular weight is 417 g/mol. The molecule has 1 aliphatic rings. The Hall–Kier alpha value is -1.49. The van der Waals surface area contributed by atoms with Crippen molar-refractivity contribution in [1.29, 1.82) is 0 Å². The van der Waals surface area contributed by atoms with Gasteiger partial charge in [0.1, 0.15) is 0 Å². The molecule has 3 rings (SSSR count). The molecule has 0 saturated carbocycles. The van der Waals surface area contributed by atoms with Gasteiger partial charge in [0, 0.05) is 23.0 Å². The third-order valence-corrected chi connectivity index (χ3v) is 6.80. The maximum absolute atomic E-state index is 12.8. The Morgan fingerprint density at radius 3 is 2.43 bits per heavy atom. The van der Waals surface area contributed by atoms with E-state index in [1.54, 1.807) is 11.8 Å². The summed E-state index contributed by atoms with van der Waals surface area (Å²) in [5.74, 6) is 0.0928. The van der Waals surface area contributed by atoms with Crippen LogP contribution in [0.25, 0.3) is 0 Å². The fourth-order valence-electron chi connectivity index (χ4n) is 3.54. The van der Waals surface area contributed by atoms with Crippen LogP contribution in [-0.2, 0) is 17.9 Å². The topological polar surface area (TPSA) is 32.3 Å².